The van der Waals surface area contributed by atoms with Crippen LogP contribution in [-0.2, 0) is 6.54 Å². The van der Waals surface area contributed by atoms with Gasteiger partial charge in [-0.1, -0.05) is 35.0 Å². The van der Waals surface area contributed by atoms with Gasteiger partial charge < -0.3 is 0 Å². The molecule has 3 nitrogen and oxygen atoms in total. The molecular formula is C11H12BrN3. The Morgan fingerprint density at radius 1 is 1.20 bits per heavy atom. The molecule has 2 rings (SSSR count). The van der Waals surface area contributed by atoms with Crippen molar-refractivity contribution in [1.82, 2.24) is 15.0 Å². The Morgan fingerprint density at radius 2 is 1.87 bits per heavy atom. The molecule has 1 heterocycles. The summed E-state index contributed by atoms with van der Waals surface area (Å²) in [6.07, 6.45) is 0. The summed E-state index contributed by atoms with van der Waals surface area (Å²) in [6.45, 7) is 4.77. The van der Waals surface area contributed by atoms with Gasteiger partial charge in [-0.2, -0.15) is 0 Å². The minimum atomic E-state index is 0.752. The summed E-state index contributed by atoms with van der Waals surface area (Å²) in [5, 5.41) is 8.05. The zero-order valence-electron chi connectivity index (χ0n) is 8.74. The normalized spacial score (nSPS) is 10.6. The number of rotatable bonds is 2. The van der Waals surface area contributed by atoms with Gasteiger partial charge in [-0.25, -0.2) is 4.68 Å². The van der Waals surface area contributed by atoms with Crippen molar-refractivity contribution in [3.8, 4) is 0 Å². The van der Waals surface area contributed by atoms with Gasteiger partial charge in [-0.3, -0.25) is 0 Å². The lowest BCUT2D eigenvalue weighted by molar-refractivity contribution is 0.638. The molecule has 0 fully saturated rings. The minimum Gasteiger partial charge on any atom is -0.234 e. The first-order valence-corrected chi connectivity index (χ1v) is 5.57. The van der Waals surface area contributed by atoms with Crippen molar-refractivity contribution in [1.29, 1.82) is 0 Å². The zero-order valence-corrected chi connectivity index (χ0v) is 10.3. The summed E-state index contributed by atoms with van der Waals surface area (Å²) in [5.41, 5.74) is 3.42. The first-order valence-electron chi connectivity index (χ1n) is 4.78. The molecule has 1 aromatic heterocycles. The van der Waals surface area contributed by atoms with E-state index in [1.54, 1.807) is 0 Å². The number of aromatic nitrogens is 3. The predicted molar refractivity (Wildman–Crippen MR) is 62.7 cm³/mol. The Balaban J connectivity index is 2.22. The van der Waals surface area contributed by atoms with Crippen LogP contribution in [0, 0.1) is 13.8 Å². The van der Waals surface area contributed by atoms with E-state index in [2.05, 4.69) is 57.4 Å². The maximum atomic E-state index is 4.05. The van der Waals surface area contributed by atoms with Crippen molar-refractivity contribution in [3.05, 3.63) is 45.7 Å². The molecule has 2 aromatic rings. The van der Waals surface area contributed by atoms with Gasteiger partial charge in [0, 0.05) is 0 Å². The van der Waals surface area contributed by atoms with Gasteiger partial charge in [0.1, 0.15) is 4.60 Å². The van der Waals surface area contributed by atoms with E-state index in [-0.39, 0.29) is 0 Å². The second-order valence-electron chi connectivity index (χ2n) is 3.61. The quantitative estimate of drug-likeness (QED) is 0.836. The summed E-state index contributed by atoms with van der Waals surface area (Å²) in [7, 11) is 0. The van der Waals surface area contributed by atoms with E-state index in [1.807, 2.05) is 11.6 Å². The Labute approximate surface area is 97.2 Å². The molecule has 0 aliphatic heterocycles. The van der Waals surface area contributed by atoms with Crippen LogP contribution in [0.3, 0.4) is 0 Å². The number of hydrogen-bond donors (Lipinski definition) is 0. The second kappa shape index (κ2) is 4.14. The molecule has 15 heavy (non-hydrogen) atoms. The highest BCUT2D eigenvalue weighted by atomic mass is 79.9. The van der Waals surface area contributed by atoms with E-state index in [9.17, 15) is 0 Å². The monoisotopic (exact) mass is 265 g/mol. The van der Waals surface area contributed by atoms with Crippen molar-refractivity contribution in [2.24, 2.45) is 0 Å². The van der Waals surface area contributed by atoms with Crippen LogP contribution >= 0.6 is 15.9 Å². The fourth-order valence-electron chi connectivity index (χ4n) is 1.36. The summed E-state index contributed by atoms with van der Waals surface area (Å²) in [5.74, 6) is 0. The second-order valence-corrected chi connectivity index (χ2v) is 4.36. The highest BCUT2D eigenvalue weighted by molar-refractivity contribution is 9.10. The molecule has 0 saturated heterocycles. The summed E-state index contributed by atoms with van der Waals surface area (Å²) in [4.78, 5) is 0. The topological polar surface area (TPSA) is 30.7 Å². The average molecular weight is 266 g/mol. The van der Waals surface area contributed by atoms with E-state index >= 15 is 0 Å². The molecule has 0 aliphatic carbocycles. The Kier molecular flexibility index (Phi) is 2.86. The third kappa shape index (κ3) is 2.26. The molecule has 0 spiro atoms. The zero-order chi connectivity index (χ0) is 10.8. The van der Waals surface area contributed by atoms with Crippen LogP contribution in [0.15, 0.2) is 28.9 Å². The molecule has 78 valence electrons. The fraction of sp³-hybridized carbons (Fsp3) is 0.273. The molecule has 0 unspecified atom stereocenters. The van der Waals surface area contributed by atoms with Crippen LogP contribution in [0.25, 0.3) is 0 Å². The Hall–Kier alpha value is -1.16. The van der Waals surface area contributed by atoms with Crippen LogP contribution in [0.4, 0.5) is 0 Å². The van der Waals surface area contributed by atoms with E-state index in [1.165, 1.54) is 11.1 Å². The molecule has 0 N–H and O–H groups in total. The highest BCUT2D eigenvalue weighted by Gasteiger charge is 2.05. The molecule has 0 saturated carbocycles. The lowest BCUT2D eigenvalue weighted by Crippen LogP contribution is -2.02. The molecule has 0 radical (unpaired) electrons. The minimum absolute atomic E-state index is 0.752. The van der Waals surface area contributed by atoms with E-state index in [0.717, 1.165) is 16.8 Å². The van der Waals surface area contributed by atoms with Crippen molar-refractivity contribution in [2.75, 3.05) is 0 Å². The third-order valence-corrected chi connectivity index (χ3v) is 3.26. The maximum absolute atomic E-state index is 4.05. The molecule has 0 atom stereocenters. The summed E-state index contributed by atoms with van der Waals surface area (Å²) >= 11 is 3.46. The van der Waals surface area contributed by atoms with Crippen LogP contribution in [-0.4, -0.2) is 15.0 Å². The van der Waals surface area contributed by atoms with Crippen molar-refractivity contribution < 1.29 is 0 Å². The lowest BCUT2D eigenvalue weighted by Gasteiger charge is -2.02. The molecular weight excluding hydrogens is 254 g/mol. The first-order chi connectivity index (χ1) is 7.16. The fourth-order valence-corrected chi connectivity index (χ4v) is 1.63. The van der Waals surface area contributed by atoms with Gasteiger partial charge in [0.2, 0.25) is 0 Å². The molecule has 4 heteroatoms. The maximum Gasteiger partial charge on any atom is 0.127 e. The molecule has 0 bridgehead atoms. The van der Waals surface area contributed by atoms with Gasteiger partial charge in [-0.15, -0.1) is 5.10 Å². The molecule has 0 aliphatic rings. The van der Waals surface area contributed by atoms with Crippen LogP contribution in [0.5, 0.6) is 0 Å². The van der Waals surface area contributed by atoms with Gasteiger partial charge >= 0.3 is 0 Å². The van der Waals surface area contributed by atoms with Crippen LogP contribution in [0.1, 0.15) is 16.8 Å². The lowest BCUT2D eigenvalue weighted by atomic mass is 10.1. The SMILES string of the molecule is Cc1ccc(Cn2nnc(C)c2Br)cc1. The summed E-state index contributed by atoms with van der Waals surface area (Å²) in [6, 6.07) is 8.43. The smallest absolute Gasteiger partial charge is 0.127 e. The highest BCUT2D eigenvalue weighted by Crippen LogP contribution is 2.14. The van der Waals surface area contributed by atoms with E-state index in [4.69, 9.17) is 0 Å². The largest absolute Gasteiger partial charge is 0.234 e. The molecule has 1 aromatic carbocycles. The van der Waals surface area contributed by atoms with Crippen molar-refractivity contribution in [3.63, 3.8) is 0 Å². The average Bonchev–Trinajstić information content (AvgIpc) is 2.53. The number of halogens is 1. The van der Waals surface area contributed by atoms with Crippen molar-refractivity contribution >= 4 is 15.9 Å². The summed E-state index contributed by atoms with van der Waals surface area (Å²) < 4.78 is 2.79. The number of nitrogens with zero attached hydrogens (tertiary/aromatic N) is 3. The van der Waals surface area contributed by atoms with Gasteiger partial charge in [-0.05, 0) is 35.3 Å². The predicted octanol–water partition coefficient (Wildman–Crippen LogP) is 2.71. The number of hydrogen-bond acceptors (Lipinski definition) is 2. The van der Waals surface area contributed by atoms with Gasteiger partial charge in [0.15, 0.2) is 0 Å². The van der Waals surface area contributed by atoms with Gasteiger partial charge in [0.05, 0.1) is 12.2 Å². The Bertz CT molecular complexity index is 459. The first kappa shape index (κ1) is 10.4. The van der Waals surface area contributed by atoms with Crippen LogP contribution in [0.2, 0.25) is 0 Å². The van der Waals surface area contributed by atoms with Crippen molar-refractivity contribution in [2.45, 2.75) is 20.4 Å². The third-order valence-electron chi connectivity index (χ3n) is 2.28. The number of aryl methyl sites for hydroxylation is 2. The Morgan fingerprint density at radius 3 is 2.40 bits per heavy atom. The van der Waals surface area contributed by atoms with Crippen LogP contribution < -0.4 is 0 Å². The number of benzene rings is 1. The van der Waals surface area contributed by atoms with E-state index < -0.39 is 0 Å². The van der Waals surface area contributed by atoms with Gasteiger partial charge in [0.25, 0.3) is 0 Å². The van der Waals surface area contributed by atoms with E-state index in [0.29, 0.717) is 0 Å². The standard InChI is InChI=1S/C11H12BrN3/c1-8-3-5-10(6-4-8)7-15-11(12)9(2)13-14-15/h3-6H,7H2,1-2H3. The molecule has 0 amide bonds.